The molecule has 1 atom stereocenters. The van der Waals surface area contributed by atoms with E-state index in [1.807, 2.05) is 19.9 Å². The van der Waals surface area contributed by atoms with Crippen LogP contribution in [-0.4, -0.2) is 46.2 Å². The zero-order valence-electron chi connectivity index (χ0n) is 19.7. The molecule has 0 saturated heterocycles. The molecular weight excluding hydrogens is 438 g/mol. The van der Waals surface area contributed by atoms with Gasteiger partial charge in [-0.25, -0.2) is 15.0 Å². The van der Waals surface area contributed by atoms with E-state index in [0.717, 1.165) is 0 Å². The first-order chi connectivity index (χ1) is 16.2. The van der Waals surface area contributed by atoms with Crippen molar-refractivity contribution in [1.29, 1.82) is 0 Å². The standard InChI is InChI=1S/C23H27N7O4/c1-10(2)34-18-7-13(20-26-9-14(24)22(30-20)33-5)12(6-17(18)32-4)15-8-16-19(21(31)28-15)11(3)27-23(25)29-16/h6-7,9-10,15H,8,24H2,1-5H3,(H,28,31)(H2,25,27,29)/t15-/m1/s1. The van der Waals surface area contributed by atoms with Crippen LogP contribution >= 0.6 is 0 Å². The van der Waals surface area contributed by atoms with Gasteiger partial charge in [-0.05, 0) is 38.5 Å². The van der Waals surface area contributed by atoms with E-state index < -0.39 is 6.04 Å². The van der Waals surface area contributed by atoms with Gasteiger partial charge in [0.2, 0.25) is 11.8 Å². The van der Waals surface area contributed by atoms with Crippen molar-refractivity contribution in [3.05, 3.63) is 40.8 Å². The number of nitrogens with two attached hydrogens (primary N) is 2. The molecule has 0 bridgehead atoms. The monoisotopic (exact) mass is 465 g/mol. The van der Waals surface area contributed by atoms with Crippen LogP contribution in [0.4, 0.5) is 11.6 Å². The van der Waals surface area contributed by atoms with Crippen LogP contribution in [0.3, 0.4) is 0 Å². The van der Waals surface area contributed by atoms with E-state index in [9.17, 15) is 4.79 Å². The Kier molecular flexibility index (Phi) is 6.10. The highest BCUT2D eigenvalue weighted by molar-refractivity contribution is 5.98. The summed E-state index contributed by atoms with van der Waals surface area (Å²) in [6.45, 7) is 5.57. The quantitative estimate of drug-likeness (QED) is 0.492. The van der Waals surface area contributed by atoms with E-state index in [0.29, 0.717) is 57.5 Å². The summed E-state index contributed by atoms with van der Waals surface area (Å²) in [5.74, 6) is 1.46. The molecule has 2 aromatic heterocycles. The highest BCUT2D eigenvalue weighted by Gasteiger charge is 2.32. The molecule has 0 fully saturated rings. The molecule has 1 aliphatic rings. The number of hydrogen-bond donors (Lipinski definition) is 3. The first-order valence-electron chi connectivity index (χ1n) is 10.7. The largest absolute Gasteiger partial charge is 0.493 e. The average Bonchev–Trinajstić information content (AvgIpc) is 2.78. The Bertz CT molecular complexity index is 1260. The molecule has 0 spiro atoms. The molecule has 4 rings (SSSR count). The molecule has 1 aliphatic heterocycles. The molecule has 11 heteroatoms. The molecule has 3 heterocycles. The molecule has 1 aromatic carbocycles. The third kappa shape index (κ3) is 4.24. The minimum Gasteiger partial charge on any atom is -0.493 e. The fourth-order valence-corrected chi connectivity index (χ4v) is 3.99. The van der Waals surface area contributed by atoms with Gasteiger partial charge in [-0.2, -0.15) is 4.98 Å². The van der Waals surface area contributed by atoms with Gasteiger partial charge in [0.05, 0.1) is 49.5 Å². The minimum absolute atomic E-state index is 0.0987. The molecule has 5 N–H and O–H groups in total. The van der Waals surface area contributed by atoms with Gasteiger partial charge in [-0.3, -0.25) is 4.79 Å². The number of fused-ring (bicyclic) bond motifs is 1. The van der Waals surface area contributed by atoms with Crippen LogP contribution in [0.25, 0.3) is 11.4 Å². The number of anilines is 2. The van der Waals surface area contributed by atoms with Crippen molar-refractivity contribution in [1.82, 2.24) is 25.3 Å². The Labute approximate surface area is 196 Å². The summed E-state index contributed by atoms with van der Waals surface area (Å²) < 4.78 is 16.9. The second-order valence-corrected chi connectivity index (χ2v) is 8.13. The average molecular weight is 466 g/mol. The maximum absolute atomic E-state index is 13.0. The lowest BCUT2D eigenvalue weighted by molar-refractivity contribution is 0.0922. The predicted octanol–water partition coefficient (Wildman–Crippen LogP) is 2.24. The number of ether oxygens (including phenoxy) is 3. The second-order valence-electron chi connectivity index (χ2n) is 8.13. The summed E-state index contributed by atoms with van der Waals surface area (Å²) in [4.78, 5) is 30.3. The van der Waals surface area contributed by atoms with E-state index in [1.165, 1.54) is 13.3 Å². The lowest BCUT2D eigenvalue weighted by atomic mass is 9.90. The van der Waals surface area contributed by atoms with E-state index in [2.05, 4.69) is 25.3 Å². The first kappa shape index (κ1) is 23.0. The van der Waals surface area contributed by atoms with Crippen LogP contribution in [0.2, 0.25) is 0 Å². The molecular formula is C23H27N7O4. The van der Waals surface area contributed by atoms with Crippen LogP contribution in [0.15, 0.2) is 18.3 Å². The van der Waals surface area contributed by atoms with Gasteiger partial charge in [0, 0.05) is 12.0 Å². The predicted molar refractivity (Wildman–Crippen MR) is 126 cm³/mol. The van der Waals surface area contributed by atoms with Gasteiger partial charge >= 0.3 is 0 Å². The van der Waals surface area contributed by atoms with Crippen LogP contribution in [0.1, 0.15) is 47.2 Å². The molecule has 0 radical (unpaired) electrons. The topological polar surface area (TPSA) is 160 Å². The zero-order valence-corrected chi connectivity index (χ0v) is 19.7. The van der Waals surface area contributed by atoms with Gasteiger partial charge in [-0.1, -0.05) is 0 Å². The smallest absolute Gasteiger partial charge is 0.255 e. The molecule has 3 aromatic rings. The van der Waals surface area contributed by atoms with Crippen molar-refractivity contribution < 1.29 is 19.0 Å². The van der Waals surface area contributed by atoms with Crippen molar-refractivity contribution >= 4 is 17.5 Å². The van der Waals surface area contributed by atoms with Crippen molar-refractivity contribution in [3.63, 3.8) is 0 Å². The molecule has 34 heavy (non-hydrogen) atoms. The molecule has 0 aliphatic carbocycles. The van der Waals surface area contributed by atoms with Gasteiger partial charge in [0.15, 0.2) is 17.3 Å². The molecule has 11 nitrogen and oxygen atoms in total. The number of amides is 1. The fourth-order valence-electron chi connectivity index (χ4n) is 3.99. The number of aromatic nitrogens is 4. The number of aryl methyl sites for hydroxylation is 1. The number of hydrogen-bond acceptors (Lipinski definition) is 10. The summed E-state index contributed by atoms with van der Waals surface area (Å²) in [5, 5.41) is 3.04. The summed E-state index contributed by atoms with van der Waals surface area (Å²) in [6.07, 6.45) is 1.77. The van der Waals surface area contributed by atoms with Gasteiger partial charge in [-0.15, -0.1) is 0 Å². The SMILES string of the molecule is COc1cc([C@H]2Cc3nc(N)nc(C)c3C(=O)N2)c(-c2ncc(N)c(OC)n2)cc1OC(C)C. The van der Waals surface area contributed by atoms with Crippen molar-refractivity contribution in [2.45, 2.75) is 39.3 Å². The van der Waals surface area contributed by atoms with E-state index in [1.54, 1.807) is 20.1 Å². The van der Waals surface area contributed by atoms with E-state index in [4.69, 9.17) is 25.7 Å². The van der Waals surface area contributed by atoms with Crippen LogP contribution in [0.5, 0.6) is 17.4 Å². The Morgan fingerprint density at radius 1 is 1.09 bits per heavy atom. The first-order valence-corrected chi connectivity index (χ1v) is 10.7. The van der Waals surface area contributed by atoms with Crippen LogP contribution in [-0.2, 0) is 6.42 Å². The van der Waals surface area contributed by atoms with Crippen molar-refractivity contribution in [3.8, 4) is 28.8 Å². The minimum atomic E-state index is -0.460. The zero-order chi connectivity index (χ0) is 24.6. The molecule has 178 valence electrons. The van der Waals surface area contributed by atoms with Gasteiger partial charge in [0.1, 0.15) is 5.69 Å². The van der Waals surface area contributed by atoms with Crippen LogP contribution in [0, 0.1) is 6.92 Å². The number of benzene rings is 1. The summed E-state index contributed by atoms with van der Waals surface area (Å²) in [7, 11) is 3.04. The Balaban J connectivity index is 1.90. The lowest BCUT2D eigenvalue weighted by Gasteiger charge is -2.28. The summed E-state index contributed by atoms with van der Waals surface area (Å²) in [6, 6.07) is 3.14. The lowest BCUT2D eigenvalue weighted by Crippen LogP contribution is -2.37. The third-order valence-corrected chi connectivity index (χ3v) is 5.40. The van der Waals surface area contributed by atoms with E-state index in [-0.39, 0.29) is 23.8 Å². The molecule has 1 amide bonds. The Morgan fingerprint density at radius 2 is 1.85 bits per heavy atom. The fraction of sp³-hybridized carbons (Fsp3) is 0.348. The third-order valence-electron chi connectivity index (χ3n) is 5.40. The number of rotatable bonds is 6. The highest BCUT2D eigenvalue weighted by Crippen LogP contribution is 2.40. The second kappa shape index (κ2) is 9.00. The number of methoxy groups -OCH3 is 2. The summed E-state index contributed by atoms with van der Waals surface area (Å²) >= 11 is 0. The van der Waals surface area contributed by atoms with Crippen molar-refractivity contribution in [2.24, 2.45) is 0 Å². The van der Waals surface area contributed by atoms with Crippen LogP contribution < -0.4 is 31.0 Å². The van der Waals surface area contributed by atoms with E-state index >= 15 is 0 Å². The molecule has 0 unspecified atom stereocenters. The van der Waals surface area contributed by atoms with Gasteiger partial charge in [0.25, 0.3) is 5.91 Å². The maximum Gasteiger partial charge on any atom is 0.255 e. The maximum atomic E-state index is 13.0. The molecule has 0 saturated carbocycles. The number of carbonyl (C=O) groups excluding carboxylic acids is 1. The van der Waals surface area contributed by atoms with Crippen molar-refractivity contribution in [2.75, 3.05) is 25.7 Å². The Morgan fingerprint density at radius 3 is 2.53 bits per heavy atom. The Hall–Kier alpha value is -4.15. The highest BCUT2D eigenvalue weighted by atomic mass is 16.5. The number of carbonyl (C=O) groups is 1. The summed E-state index contributed by atoms with van der Waals surface area (Å²) in [5.41, 5.74) is 15.0. The number of nitrogens with one attached hydrogen (secondary N) is 1. The van der Waals surface area contributed by atoms with Gasteiger partial charge < -0.3 is 31.0 Å². The number of nitrogen functional groups attached to an aromatic ring is 2. The number of nitrogens with zero attached hydrogens (tertiary/aromatic N) is 4. The normalized spacial score (nSPS) is 15.0.